The molecule has 0 bridgehead atoms. The quantitative estimate of drug-likeness (QED) is 0.0816. The fourth-order valence-corrected chi connectivity index (χ4v) is 6.00. The van der Waals surface area contributed by atoms with Crippen LogP contribution in [0, 0.1) is 0 Å². The number of carbonyl (C=O) groups is 4. The van der Waals surface area contributed by atoms with E-state index in [2.05, 4.69) is 10.6 Å². The smallest absolute Gasteiger partial charge is 0.547 e. The van der Waals surface area contributed by atoms with Crippen LogP contribution in [0.1, 0.15) is 13.8 Å². The number of carbonyl (C=O) groups excluding carboxylic acids is 4. The molecule has 0 aromatic carbocycles. The Balaban J connectivity index is 0.00000504. The molecule has 3 fully saturated rings. The number of rotatable bonds is 12. The molecule has 296 valence electrons. The maximum atomic E-state index is 12.3. The van der Waals surface area contributed by atoms with Crippen LogP contribution >= 0.6 is 0 Å². The second-order valence-electron chi connectivity index (χ2n) is 12.2. The summed E-state index contributed by atoms with van der Waals surface area (Å²) in [5.41, 5.74) is 0. The van der Waals surface area contributed by atoms with Crippen molar-refractivity contribution < 1.29 is 168 Å². The third-order valence-corrected chi connectivity index (χ3v) is 8.51. The maximum Gasteiger partial charge on any atom is 1.00 e. The molecule has 0 unspecified atom stereocenters. The van der Waals surface area contributed by atoms with Crippen molar-refractivity contribution in [1.82, 2.24) is 10.6 Å². The second kappa shape index (κ2) is 21.0. The van der Waals surface area contributed by atoms with Gasteiger partial charge in [-0.1, -0.05) is 0 Å². The molecule has 4 aliphatic heterocycles. The van der Waals surface area contributed by atoms with Gasteiger partial charge in [0.25, 0.3) is 0 Å². The Morgan fingerprint density at radius 2 is 1.17 bits per heavy atom. The molecule has 0 aromatic heterocycles. The molecule has 2 amide bonds. The Morgan fingerprint density at radius 3 is 1.69 bits per heavy atom. The molecule has 0 aliphatic carbocycles. The molecule has 18 atom stereocenters. The summed E-state index contributed by atoms with van der Waals surface area (Å²) in [6, 6.07) is -3.37. The van der Waals surface area contributed by atoms with Crippen LogP contribution in [0.4, 0.5) is 0 Å². The molecule has 0 aromatic rings. The Morgan fingerprint density at radius 1 is 0.667 bits per heavy atom. The number of carboxylic acids is 2. The Labute approximate surface area is 349 Å². The zero-order valence-corrected chi connectivity index (χ0v) is 33.2. The maximum absolute atomic E-state index is 12.3. The van der Waals surface area contributed by atoms with Gasteiger partial charge in [0.05, 0.1) is 19.2 Å². The first-order valence-corrected chi connectivity index (χ1v) is 15.7. The summed E-state index contributed by atoms with van der Waals surface area (Å²) in [6.07, 6.45) is -31.3. The third kappa shape index (κ3) is 11.1. The van der Waals surface area contributed by atoms with Gasteiger partial charge in [-0.05, 0) is 6.08 Å². The fourth-order valence-electron chi connectivity index (χ4n) is 6.00. The first kappa shape index (κ1) is 49.0. The molecule has 0 spiro atoms. The topological polar surface area (TPSA) is 385 Å². The summed E-state index contributed by atoms with van der Waals surface area (Å²) >= 11 is 0. The van der Waals surface area contributed by atoms with Gasteiger partial charge >= 0.3 is 59.1 Å². The van der Waals surface area contributed by atoms with Crippen molar-refractivity contribution in [2.75, 3.05) is 13.2 Å². The minimum atomic E-state index is -2.40. The summed E-state index contributed by atoms with van der Waals surface area (Å²) in [7, 11) is 0. The molecule has 0 saturated carbocycles. The van der Waals surface area contributed by atoms with Crippen LogP contribution in [0.3, 0.4) is 0 Å². The molecule has 26 heteroatoms. The van der Waals surface area contributed by atoms with Crippen molar-refractivity contribution in [3.8, 4) is 0 Å². The molecule has 24 nitrogen and oxygen atoms in total. The number of ether oxygens (including phenoxy) is 7. The van der Waals surface area contributed by atoms with E-state index in [4.69, 9.17) is 33.2 Å². The molecule has 0 radical (unpaired) electrons. The van der Waals surface area contributed by atoms with Crippen molar-refractivity contribution in [2.45, 2.75) is 124 Å². The van der Waals surface area contributed by atoms with E-state index in [9.17, 15) is 75.3 Å². The van der Waals surface area contributed by atoms with Crippen LogP contribution < -0.4 is 80.0 Å². The summed E-state index contributed by atoms with van der Waals surface area (Å²) in [4.78, 5) is 47.8. The molecule has 54 heavy (non-hydrogen) atoms. The van der Waals surface area contributed by atoms with Gasteiger partial charge in [-0.2, -0.15) is 0 Å². The number of aliphatic hydroxyl groups is 9. The predicted molar refractivity (Wildman–Crippen MR) is 151 cm³/mol. The van der Waals surface area contributed by atoms with E-state index in [0.29, 0.717) is 6.08 Å². The van der Waals surface area contributed by atoms with E-state index in [0.717, 1.165) is 13.8 Å². The number of aliphatic carboxylic acids is 2. The van der Waals surface area contributed by atoms with Gasteiger partial charge in [-0.25, -0.2) is 0 Å². The standard InChI is InChI=1S/C28H42N2O22.2Na/c1-6(33)29-12-19(15(37)10(4-31)46-25(12)45)49-28-18(40)17(39)21(22(52-28)24(43)44)51-26-13(30-7(2)34)20(16(38)11(5-32)48-26)50-27-14(36)8(35)3-9(47-27)23(41)42;;/h3,8,10-22,25-28,31-32,35-40,45H,4-5H2,1-2H3,(H,29,33)(H,30,34)(H,41,42)(H,43,44);;/q;2*+1/p-2/t8-,10+,11+,12+,13+,14+,15+,16+,17+,18+,19+,20+,21-,22-,25+,26-,27-,28+;;/m0../s1. The minimum absolute atomic E-state index is 0. The minimum Gasteiger partial charge on any atom is -0.547 e. The van der Waals surface area contributed by atoms with Crippen molar-refractivity contribution in [1.29, 1.82) is 0 Å². The molecule has 11 N–H and O–H groups in total. The van der Waals surface area contributed by atoms with Crippen LogP contribution in [0.15, 0.2) is 11.8 Å². The number of hydrogen-bond acceptors (Lipinski definition) is 22. The number of nitrogens with one attached hydrogen (secondary N) is 2. The molecule has 4 aliphatic rings. The second-order valence-corrected chi connectivity index (χ2v) is 12.2. The number of carboxylic acid groups (broad SMARTS) is 2. The zero-order chi connectivity index (χ0) is 38.8. The van der Waals surface area contributed by atoms with E-state index in [1.165, 1.54) is 0 Å². The number of aliphatic hydroxyl groups excluding tert-OH is 9. The van der Waals surface area contributed by atoms with E-state index >= 15 is 0 Å². The largest absolute Gasteiger partial charge is 1.00 e. The van der Waals surface area contributed by atoms with Crippen molar-refractivity contribution in [2.24, 2.45) is 0 Å². The van der Waals surface area contributed by atoms with Crippen LogP contribution in [0.25, 0.3) is 0 Å². The predicted octanol–water partition coefficient (Wildman–Crippen LogP) is -16.8. The number of hydrogen-bond donors (Lipinski definition) is 11. The SMILES string of the molecule is CC(=O)N[C@@H]1[C@@H](O[C@@H]2O[C@H](C(=O)[O-])[C@@H](O[C@@H]3O[C@H](CO)[C@@H](O)[C@H](O[C@@H]4OC(C(=O)[O-])=C[C@H](O)[C@H]4O)[C@H]3NC(C)=O)[C@H](O)[C@H]2O)[C@H](O)[C@@H](CO)O[C@H]1O.[Na+].[Na+]. The Hall–Kier alpha value is -1.18. The third-order valence-electron chi connectivity index (χ3n) is 8.51. The van der Waals surface area contributed by atoms with Gasteiger partial charge < -0.3 is 110 Å². The van der Waals surface area contributed by atoms with E-state index in [-0.39, 0.29) is 59.1 Å². The Bertz CT molecular complexity index is 1330. The van der Waals surface area contributed by atoms with Crippen molar-refractivity contribution >= 4 is 23.8 Å². The van der Waals surface area contributed by atoms with E-state index in [1.54, 1.807) is 0 Å². The van der Waals surface area contributed by atoms with E-state index < -0.39 is 153 Å². The molecule has 3 saturated heterocycles. The van der Waals surface area contributed by atoms with Gasteiger partial charge in [0.2, 0.25) is 18.1 Å². The first-order chi connectivity index (χ1) is 24.4. The van der Waals surface area contributed by atoms with E-state index in [1.807, 2.05) is 0 Å². The first-order valence-electron chi connectivity index (χ1n) is 15.7. The Kier molecular flexibility index (Phi) is 19.0. The average molecular weight is 803 g/mol. The van der Waals surface area contributed by atoms with Crippen LogP contribution in [0.2, 0.25) is 0 Å². The van der Waals surface area contributed by atoms with Crippen molar-refractivity contribution in [3.05, 3.63) is 11.8 Å². The van der Waals surface area contributed by atoms with Gasteiger partial charge in [-0.15, -0.1) is 0 Å². The van der Waals surface area contributed by atoms with Crippen LogP contribution in [-0.4, -0.2) is 193 Å². The van der Waals surface area contributed by atoms with Crippen LogP contribution in [0.5, 0.6) is 0 Å². The molecule has 4 heterocycles. The zero-order valence-electron chi connectivity index (χ0n) is 29.2. The molecule has 4 rings (SSSR count). The molecular weight excluding hydrogens is 762 g/mol. The normalized spacial score (nSPS) is 42.2. The van der Waals surface area contributed by atoms with Crippen LogP contribution in [-0.2, 0) is 52.3 Å². The van der Waals surface area contributed by atoms with Gasteiger partial charge in [0.15, 0.2) is 18.9 Å². The van der Waals surface area contributed by atoms with Gasteiger partial charge in [0, 0.05) is 13.8 Å². The average Bonchev–Trinajstić information content (AvgIpc) is 3.07. The van der Waals surface area contributed by atoms with Crippen molar-refractivity contribution in [3.63, 3.8) is 0 Å². The summed E-state index contributed by atoms with van der Waals surface area (Å²) in [6.45, 7) is 0.122. The monoisotopic (exact) mass is 802 g/mol. The fraction of sp³-hybridized carbons (Fsp3) is 0.786. The summed E-state index contributed by atoms with van der Waals surface area (Å²) in [5.74, 6) is -6.63. The number of amides is 2. The summed E-state index contributed by atoms with van der Waals surface area (Å²) < 4.78 is 37.8. The van der Waals surface area contributed by atoms with Gasteiger partial charge in [0.1, 0.15) is 97.1 Å². The van der Waals surface area contributed by atoms with Gasteiger partial charge in [-0.3, -0.25) is 9.59 Å². The summed E-state index contributed by atoms with van der Waals surface area (Å²) in [5, 5.41) is 123. The molecular formula is C28H40N2Na2O22.